The number of aromatic nitrogens is 3. The summed E-state index contributed by atoms with van der Waals surface area (Å²) in [6.07, 6.45) is 1.76. The highest BCUT2D eigenvalue weighted by Crippen LogP contribution is 2.32. The zero-order valence-corrected chi connectivity index (χ0v) is 15.3. The van der Waals surface area contributed by atoms with Crippen molar-refractivity contribution >= 4 is 28.1 Å². The van der Waals surface area contributed by atoms with Crippen molar-refractivity contribution in [3.63, 3.8) is 0 Å². The van der Waals surface area contributed by atoms with E-state index in [4.69, 9.17) is 4.74 Å². The van der Waals surface area contributed by atoms with Crippen molar-refractivity contribution in [2.24, 2.45) is 0 Å². The number of para-hydroxylation sites is 1. The van der Waals surface area contributed by atoms with Crippen molar-refractivity contribution in [3.8, 4) is 10.6 Å². The number of anilines is 3. The monoisotopic (exact) mass is 355 g/mol. The van der Waals surface area contributed by atoms with E-state index in [9.17, 15) is 0 Å². The highest BCUT2D eigenvalue weighted by Gasteiger charge is 2.13. The maximum atomic E-state index is 5.16. The Kier molecular flexibility index (Phi) is 5.57. The van der Waals surface area contributed by atoms with E-state index in [-0.39, 0.29) is 6.04 Å². The first kappa shape index (κ1) is 17.3. The third-order valence-corrected chi connectivity index (χ3v) is 4.61. The summed E-state index contributed by atoms with van der Waals surface area (Å²) < 4.78 is 5.16. The van der Waals surface area contributed by atoms with Crippen LogP contribution in [0.15, 0.2) is 42.6 Å². The molecule has 1 atom stereocenters. The highest BCUT2D eigenvalue weighted by atomic mass is 32.1. The maximum absolute atomic E-state index is 5.16. The summed E-state index contributed by atoms with van der Waals surface area (Å²) in [6, 6.07) is 12.0. The topological polar surface area (TPSA) is 72.0 Å². The Morgan fingerprint density at radius 1 is 1.16 bits per heavy atom. The molecule has 0 aliphatic carbocycles. The lowest BCUT2D eigenvalue weighted by atomic mass is 10.3. The van der Waals surface area contributed by atoms with Gasteiger partial charge in [0.05, 0.1) is 22.9 Å². The lowest BCUT2D eigenvalue weighted by Gasteiger charge is -2.10. The molecule has 7 heteroatoms. The SMILES string of the molecule is COCC(C)Nc1nc(C)c(-c2ccnc(Nc3ccccc3)n2)s1. The van der Waals surface area contributed by atoms with Gasteiger partial charge >= 0.3 is 0 Å². The number of rotatable bonds is 7. The van der Waals surface area contributed by atoms with Crippen LogP contribution in [0.25, 0.3) is 10.6 Å². The number of hydrogen-bond acceptors (Lipinski definition) is 7. The molecule has 0 amide bonds. The molecular formula is C18H21N5OS. The fraction of sp³-hybridized carbons (Fsp3) is 0.278. The molecule has 0 saturated heterocycles. The molecule has 1 unspecified atom stereocenters. The minimum Gasteiger partial charge on any atom is -0.383 e. The second-order valence-electron chi connectivity index (χ2n) is 5.69. The summed E-state index contributed by atoms with van der Waals surface area (Å²) in [5.41, 5.74) is 2.76. The van der Waals surface area contributed by atoms with Crippen LogP contribution in [0, 0.1) is 6.92 Å². The molecule has 0 aliphatic rings. The Hall–Kier alpha value is -2.51. The van der Waals surface area contributed by atoms with E-state index in [1.807, 2.05) is 43.3 Å². The van der Waals surface area contributed by atoms with Gasteiger partial charge in [0.1, 0.15) is 0 Å². The predicted molar refractivity (Wildman–Crippen MR) is 103 cm³/mol. The van der Waals surface area contributed by atoms with Gasteiger partial charge in [0, 0.05) is 25.0 Å². The van der Waals surface area contributed by atoms with Crippen LogP contribution in [0.5, 0.6) is 0 Å². The third kappa shape index (κ3) is 4.52. The average molecular weight is 355 g/mol. The fourth-order valence-corrected chi connectivity index (χ4v) is 3.44. The van der Waals surface area contributed by atoms with Crippen LogP contribution in [0.3, 0.4) is 0 Å². The standard InChI is InChI=1S/C18H21N5OS/c1-12(11-24-3)20-18-21-13(2)16(25-18)15-9-10-19-17(23-15)22-14-7-5-4-6-8-14/h4-10,12H,11H2,1-3H3,(H,20,21)(H,19,22,23). The van der Waals surface area contributed by atoms with Gasteiger partial charge in [0.25, 0.3) is 0 Å². The van der Waals surface area contributed by atoms with Gasteiger partial charge in [-0.2, -0.15) is 0 Å². The molecule has 2 N–H and O–H groups in total. The van der Waals surface area contributed by atoms with E-state index in [0.29, 0.717) is 12.6 Å². The normalized spacial score (nSPS) is 12.0. The summed E-state index contributed by atoms with van der Waals surface area (Å²) in [5, 5.41) is 7.44. The molecule has 25 heavy (non-hydrogen) atoms. The minimum absolute atomic E-state index is 0.198. The summed E-state index contributed by atoms with van der Waals surface area (Å²) in [6.45, 7) is 4.68. The van der Waals surface area contributed by atoms with E-state index < -0.39 is 0 Å². The van der Waals surface area contributed by atoms with Gasteiger partial charge in [-0.05, 0) is 32.0 Å². The Morgan fingerprint density at radius 3 is 2.72 bits per heavy atom. The zero-order chi connectivity index (χ0) is 17.6. The van der Waals surface area contributed by atoms with Gasteiger partial charge in [0.15, 0.2) is 5.13 Å². The van der Waals surface area contributed by atoms with Gasteiger partial charge in [-0.25, -0.2) is 15.0 Å². The lowest BCUT2D eigenvalue weighted by Crippen LogP contribution is -2.20. The van der Waals surface area contributed by atoms with Crippen LogP contribution in [0.1, 0.15) is 12.6 Å². The van der Waals surface area contributed by atoms with Gasteiger partial charge in [-0.1, -0.05) is 29.5 Å². The number of benzene rings is 1. The largest absolute Gasteiger partial charge is 0.383 e. The number of methoxy groups -OCH3 is 1. The molecule has 130 valence electrons. The Morgan fingerprint density at radius 2 is 1.96 bits per heavy atom. The first-order valence-corrected chi connectivity index (χ1v) is 8.85. The number of hydrogen-bond donors (Lipinski definition) is 2. The number of ether oxygens (including phenoxy) is 1. The second kappa shape index (κ2) is 8.04. The van der Waals surface area contributed by atoms with Gasteiger partial charge < -0.3 is 15.4 Å². The molecule has 2 aromatic heterocycles. The molecule has 0 spiro atoms. The van der Waals surface area contributed by atoms with Crippen molar-refractivity contribution in [1.82, 2.24) is 15.0 Å². The highest BCUT2D eigenvalue weighted by molar-refractivity contribution is 7.19. The lowest BCUT2D eigenvalue weighted by molar-refractivity contribution is 0.190. The molecule has 2 heterocycles. The first-order chi connectivity index (χ1) is 12.2. The van der Waals surface area contributed by atoms with Crippen LogP contribution in [-0.4, -0.2) is 34.7 Å². The molecule has 0 aliphatic heterocycles. The number of aryl methyl sites for hydroxylation is 1. The molecule has 0 fully saturated rings. The van der Waals surface area contributed by atoms with Crippen molar-refractivity contribution in [3.05, 3.63) is 48.3 Å². The van der Waals surface area contributed by atoms with Gasteiger partial charge in [0.2, 0.25) is 5.95 Å². The molecule has 0 saturated carbocycles. The maximum Gasteiger partial charge on any atom is 0.227 e. The Bertz CT molecular complexity index is 821. The van der Waals surface area contributed by atoms with E-state index in [2.05, 4.69) is 32.5 Å². The molecule has 0 bridgehead atoms. The second-order valence-corrected chi connectivity index (χ2v) is 6.69. The van der Waals surface area contributed by atoms with E-state index in [1.165, 1.54) is 0 Å². The number of nitrogens with one attached hydrogen (secondary N) is 2. The van der Waals surface area contributed by atoms with Crippen LogP contribution < -0.4 is 10.6 Å². The summed E-state index contributed by atoms with van der Waals surface area (Å²) in [5.74, 6) is 0.568. The summed E-state index contributed by atoms with van der Waals surface area (Å²) >= 11 is 1.59. The van der Waals surface area contributed by atoms with Gasteiger partial charge in [-0.15, -0.1) is 0 Å². The quantitative estimate of drug-likeness (QED) is 0.665. The van der Waals surface area contributed by atoms with Crippen molar-refractivity contribution < 1.29 is 4.74 Å². The van der Waals surface area contributed by atoms with E-state index in [0.717, 1.165) is 27.1 Å². The Balaban J connectivity index is 1.80. The van der Waals surface area contributed by atoms with Crippen molar-refractivity contribution in [1.29, 1.82) is 0 Å². The van der Waals surface area contributed by atoms with E-state index >= 15 is 0 Å². The molecule has 3 aromatic rings. The van der Waals surface area contributed by atoms with Crippen LogP contribution in [-0.2, 0) is 4.74 Å². The molecule has 3 rings (SSSR count). The number of thiazole rings is 1. The van der Waals surface area contributed by atoms with E-state index in [1.54, 1.807) is 24.6 Å². The predicted octanol–water partition coefficient (Wildman–Crippen LogP) is 4.10. The van der Waals surface area contributed by atoms with Gasteiger partial charge in [-0.3, -0.25) is 0 Å². The summed E-state index contributed by atoms with van der Waals surface area (Å²) in [4.78, 5) is 14.5. The fourth-order valence-electron chi connectivity index (χ4n) is 2.39. The molecule has 0 radical (unpaired) electrons. The summed E-state index contributed by atoms with van der Waals surface area (Å²) in [7, 11) is 1.69. The zero-order valence-electron chi connectivity index (χ0n) is 14.5. The van der Waals surface area contributed by atoms with Crippen molar-refractivity contribution in [2.45, 2.75) is 19.9 Å². The molecular weight excluding hydrogens is 334 g/mol. The first-order valence-electron chi connectivity index (χ1n) is 8.04. The number of nitrogens with zero attached hydrogens (tertiary/aromatic N) is 3. The van der Waals surface area contributed by atoms with Crippen LogP contribution >= 0.6 is 11.3 Å². The smallest absolute Gasteiger partial charge is 0.227 e. The van der Waals surface area contributed by atoms with Crippen LogP contribution in [0.2, 0.25) is 0 Å². The minimum atomic E-state index is 0.198. The third-order valence-electron chi connectivity index (χ3n) is 3.50. The molecule has 6 nitrogen and oxygen atoms in total. The van der Waals surface area contributed by atoms with Crippen molar-refractivity contribution in [2.75, 3.05) is 24.4 Å². The Labute approximate surface area is 151 Å². The molecule has 1 aromatic carbocycles. The average Bonchev–Trinajstić information content (AvgIpc) is 2.96. The van der Waals surface area contributed by atoms with Crippen LogP contribution in [0.4, 0.5) is 16.8 Å².